The molecule has 0 saturated heterocycles. The first kappa shape index (κ1) is 15.0. The molecule has 4 nitrogen and oxygen atoms in total. The Labute approximate surface area is 121 Å². The summed E-state index contributed by atoms with van der Waals surface area (Å²) in [6, 6.07) is 5.30. The van der Waals surface area contributed by atoms with Gasteiger partial charge in [0.1, 0.15) is 11.5 Å². The highest BCUT2D eigenvalue weighted by Crippen LogP contribution is 2.17. The van der Waals surface area contributed by atoms with Crippen LogP contribution in [0.1, 0.15) is 30.4 Å². The van der Waals surface area contributed by atoms with Crippen LogP contribution in [0.5, 0.6) is 0 Å². The lowest BCUT2D eigenvalue weighted by molar-refractivity contribution is 0.0946. The number of rotatable bonds is 4. The Morgan fingerprint density at radius 1 is 1.43 bits per heavy atom. The van der Waals surface area contributed by atoms with Crippen LogP contribution in [0.3, 0.4) is 0 Å². The molecular weight excluding hydrogens is 271 g/mol. The van der Waals surface area contributed by atoms with E-state index in [9.17, 15) is 14.0 Å². The van der Waals surface area contributed by atoms with Crippen molar-refractivity contribution in [2.45, 2.75) is 19.9 Å². The molecule has 0 bridgehead atoms. The highest BCUT2D eigenvalue weighted by atomic mass is 19.1. The number of nitrogens with zero attached hydrogens (tertiary/aromatic N) is 1. The maximum atomic E-state index is 13.3. The zero-order valence-electron chi connectivity index (χ0n) is 12.0. The van der Waals surface area contributed by atoms with Crippen LogP contribution in [0, 0.1) is 5.82 Å². The molecule has 0 aliphatic heterocycles. The van der Waals surface area contributed by atoms with Crippen molar-refractivity contribution in [3.63, 3.8) is 0 Å². The van der Waals surface area contributed by atoms with Gasteiger partial charge in [-0.15, -0.1) is 6.58 Å². The summed E-state index contributed by atoms with van der Waals surface area (Å²) in [7, 11) is 0. The van der Waals surface area contributed by atoms with E-state index in [1.807, 2.05) is 13.8 Å². The van der Waals surface area contributed by atoms with Crippen LogP contribution >= 0.6 is 0 Å². The van der Waals surface area contributed by atoms with Gasteiger partial charge in [-0.1, -0.05) is 6.08 Å². The topological polar surface area (TPSA) is 51.1 Å². The third-order valence-corrected chi connectivity index (χ3v) is 3.17. The number of amides is 1. The van der Waals surface area contributed by atoms with E-state index in [0.717, 1.165) is 0 Å². The van der Waals surface area contributed by atoms with E-state index in [1.54, 1.807) is 6.08 Å². The number of carbonyl (C=O) groups is 1. The SMILES string of the molecule is C=CCNC(=O)c1cc2cc(F)ccc2c(=O)n1C(C)C. The van der Waals surface area contributed by atoms with Gasteiger partial charge >= 0.3 is 0 Å². The molecule has 1 aromatic heterocycles. The Morgan fingerprint density at radius 3 is 2.76 bits per heavy atom. The molecule has 0 aliphatic carbocycles. The molecule has 0 saturated carbocycles. The number of nitrogens with one attached hydrogen (secondary N) is 1. The van der Waals surface area contributed by atoms with Crippen molar-refractivity contribution < 1.29 is 9.18 Å². The van der Waals surface area contributed by atoms with Gasteiger partial charge in [-0.3, -0.25) is 9.59 Å². The maximum Gasteiger partial charge on any atom is 0.268 e. The summed E-state index contributed by atoms with van der Waals surface area (Å²) in [6.45, 7) is 7.47. The van der Waals surface area contributed by atoms with Gasteiger partial charge in [0.2, 0.25) is 0 Å². The van der Waals surface area contributed by atoms with Gasteiger partial charge in [-0.2, -0.15) is 0 Å². The largest absolute Gasteiger partial charge is 0.347 e. The quantitative estimate of drug-likeness (QED) is 0.879. The van der Waals surface area contributed by atoms with Gasteiger partial charge in [0, 0.05) is 18.0 Å². The molecule has 2 aromatic rings. The Balaban J connectivity index is 2.72. The van der Waals surface area contributed by atoms with Gasteiger partial charge in [0.05, 0.1) is 0 Å². The van der Waals surface area contributed by atoms with Crippen LogP contribution in [0.15, 0.2) is 41.7 Å². The number of pyridine rings is 1. The van der Waals surface area contributed by atoms with Crippen molar-refractivity contribution in [2.24, 2.45) is 0 Å². The molecule has 0 fully saturated rings. The zero-order chi connectivity index (χ0) is 15.6. The minimum absolute atomic E-state index is 0.184. The maximum absolute atomic E-state index is 13.3. The first-order chi connectivity index (χ1) is 9.95. The van der Waals surface area contributed by atoms with Gasteiger partial charge in [0.25, 0.3) is 11.5 Å². The molecule has 0 spiro atoms. The molecule has 1 amide bonds. The van der Waals surface area contributed by atoms with Crippen molar-refractivity contribution in [3.8, 4) is 0 Å². The van der Waals surface area contributed by atoms with Gasteiger partial charge in [-0.25, -0.2) is 4.39 Å². The molecule has 1 heterocycles. The molecule has 1 N–H and O–H groups in total. The third-order valence-electron chi connectivity index (χ3n) is 3.17. The molecule has 0 atom stereocenters. The third kappa shape index (κ3) is 2.86. The smallest absolute Gasteiger partial charge is 0.268 e. The minimum Gasteiger partial charge on any atom is -0.347 e. The number of fused-ring (bicyclic) bond motifs is 1. The van der Waals surface area contributed by atoms with Crippen molar-refractivity contribution >= 4 is 16.7 Å². The Morgan fingerprint density at radius 2 is 2.14 bits per heavy atom. The number of hydrogen-bond acceptors (Lipinski definition) is 2. The number of benzene rings is 1. The first-order valence-corrected chi connectivity index (χ1v) is 6.69. The highest BCUT2D eigenvalue weighted by molar-refractivity contribution is 5.96. The van der Waals surface area contributed by atoms with Crippen molar-refractivity contribution in [2.75, 3.05) is 6.54 Å². The lowest BCUT2D eigenvalue weighted by Crippen LogP contribution is -2.33. The molecule has 0 aliphatic rings. The molecule has 0 unspecified atom stereocenters. The molecular formula is C16H17FN2O2. The summed E-state index contributed by atoms with van der Waals surface area (Å²) in [5.74, 6) is -0.825. The fourth-order valence-corrected chi connectivity index (χ4v) is 2.25. The summed E-state index contributed by atoms with van der Waals surface area (Å²) in [6.07, 6.45) is 1.55. The van der Waals surface area contributed by atoms with E-state index in [4.69, 9.17) is 0 Å². The second-order valence-electron chi connectivity index (χ2n) is 5.03. The lowest BCUT2D eigenvalue weighted by Gasteiger charge is -2.17. The fourth-order valence-electron chi connectivity index (χ4n) is 2.25. The molecule has 110 valence electrons. The minimum atomic E-state index is -0.443. The first-order valence-electron chi connectivity index (χ1n) is 6.69. The van der Waals surface area contributed by atoms with Crippen molar-refractivity contribution in [1.82, 2.24) is 9.88 Å². The number of aromatic nitrogens is 1. The van der Waals surface area contributed by atoms with Gasteiger partial charge in [0.15, 0.2) is 0 Å². The van der Waals surface area contributed by atoms with E-state index in [1.165, 1.54) is 28.8 Å². The monoisotopic (exact) mass is 288 g/mol. The Hall–Kier alpha value is -2.43. The summed E-state index contributed by atoms with van der Waals surface area (Å²) in [5.41, 5.74) is -0.0822. The van der Waals surface area contributed by atoms with Crippen molar-refractivity contribution in [1.29, 1.82) is 0 Å². The van der Waals surface area contributed by atoms with E-state index < -0.39 is 5.82 Å². The Kier molecular flexibility index (Phi) is 4.21. The highest BCUT2D eigenvalue weighted by Gasteiger charge is 2.17. The number of halogens is 1. The van der Waals surface area contributed by atoms with Crippen molar-refractivity contribution in [3.05, 3.63) is 58.8 Å². The summed E-state index contributed by atoms with van der Waals surface area (Å²) >= 11 is 0. The molecule has 0 radical (unpaired) electrons. The van der Waals surface area contributed by atoms with Crippen LogP contribution in [-0.4, -0.2) is 17.0 Å². The molecule has 5 heteroatoms. The van der Waals surface area contributed by atoms with E-state index in [0.29, 0.717) is 17.3 Å². The van der Waals surface area contributed by atoms with Crippen LogP contribution < -0.4 is 10.9 Å². The van der Waals surface area contributed by atoms with Gasteiger partial charge in [-0.05, 0) is 43.5 Å². The Bertz CT molecular complexity index is 763. The van der Waals surface area contributed by atoms with Gasteiger partial charge < -0.3 is 9.88 Å². The number of carbonyl (C=O) groups excluding carboxylic acids is 1. The lowest BCUT2D eigenvalue weighted by atomic mass is 10.1. The van der Waals surface area contributed by atoms with Crippen LogP contribution in [-0.2, 0) is 0 Å². The second kappa shape index (κ2) is 5.91. The standard InChI is InChI=1S/C16H17FN2O2/c1-4-7-18-15(20)14-9-11-8-12(17)5-6-13(11)16(21)19(14)10(2)3/h4-6,8-10H,1,7H2,2-3H3,(H,18,20). The zero-order valence-corrected chi connectivity index (χ0v) is 12.0. The van der Waals surface area contributed by atoms with E-state index in [2.05, 4.69) is 11.9 Å². The predicted molar refractivity (Wildman–Crippen MR) is 81.1 cm³/mol. The number of hydrogen-bond donors (Lipinski definition) is 1. The van der Waals surface area contributed by atoms with E-state index >= 15 is 0 Å². The summed E-state index contributed by atoms with van der Waals surface area (Å²) in [5, 5.41) is 3.45. The second-order valence-corrected chi connectivity index (χ2v) is 5.03. The normalized spacial score (nSPS) is 10.9. The fraction of sp³-hybridized carbons (Fsp3) is 0.250. The van der Waals surface area contributed by atoms with Crippen LogP contribution in [0.4, 0.5) is 4.39 Å². The predicted octanol–water partition coefficient (Wildman–Crippen LogP) is 2.64. The molecule has 21 heavy (non-hydrogen) atoms. The average Bonchev–Trinajstić information content (AvgIpc) is 2.43. The summed E-state index contributed by atoms with van der Waals surface area (Å²) < 4.78 is 14.8. The van der Waals surface area contributed by atoms with Crippen LogP contribution in [0.25, 0.3) is 10.8 Å². The van der Waals surface area contributed by atoms with E-state index in [-0.39, 0.29) is 23.2 Å². The average molecular weight is 288 g/mol. The molecule has 1 aromatic carbocycles. The molecule has 2 rings (SSSR count). The van der Waals surface area contributed by atoms with Crippen LogP contribution in [0.2, 0.25) is 0 Å². The summed E-state index contributed by atoms with van der Waals surface area (Å²) in [4.78, 5) is 24.7.